The molecule has 0 aromatic heterocycles. The van der Waals surface area contributed by atoms with Gasteiger partial charge in [-0.1, -0.05) is 24.3 Å². The molecule has 0 atom stereocenters. The molecule has 0 spiro atoms. The maximum atomic E-state index is 13.2. The number of halogens is 2. The lowest BCUT2D eigenvalue weighted by Gasteiger charge is -2.14. The van der Waals surface area contributed by atoms with Gasteiger partial charge in [-0.05, 0) is 47.5 Å². The number of rotatable bonds is 3. The van der Waals surface area contributed by atoms with E-state index in [-0.39, 0.29) is 14.2 Å². The van der Waals surface area contributed by atoms with Crippen molar-refractivity contribution >= 4 is 13.8 Å². The van der Waals surface area contributed by atoms with E-state index in [1.165, 1.54) is 48.5 Å². The Hall–Kier alpha value is -2.58. The van der Waals surface area contributed by atoms with E-state index in [0.29, 0.717) is 27.6 Å². The number of aromatic hydroxyl groups is 1. The standard InChI is InChI=1S/C18H11F2O2P/c19-13-5-1-11(2-6-13)17-15(21)9-10-16(23-22)18(17)12-3-7-14(20)8-4-12/h1-10,21H. The lowest BCUT2D eigenvalue weighted by Crippen LogP contribution is -2.01. The molecule has 0 heterocycles. The highest BCUT2D eigenvalue weighted by Crippen LogP contribution is 2.38. The van der Waals surface area contributed by atoms with E-state index in [0.717, 1.165) is 0 Å². The number of phenolic OH excluding ortho intramolecular Hbond substituents is 1. The van der Waals surface area contributed by atoms with Gasteiger partial charge in [0.1, 0.15) is 17.4 Å². The minimum absolute atomic E-state index is 0.0247. The summed E-state index contributed by atoms with van der Waals surface area (Å²) in [5.74, 6) is -0.809. The molecule has 0 aliphatic rings. The third kappa shape index (κ3) is 2.99. The zero-order valence-corrected chi connectivity index (χ0v) is 12.7. The van der Waals surface area contributed by atoms with Gasteiger partial charge in [0.15, 0.2) is 8.46 Å². The van der Waals surface area contributed by atoms with E-state index in [9.17, 15) is 18.5 Å². The quantitative estimate of drug-likeness (QED) is 0.693. The second-order valence-electron chi connectivity index (χ2n) is 4.96. The molecule has 0 unspecified atom stereocenters. The summed E-state index contributed by atoms with van der Waals surface area (Å²) in [6.45, 7) is 0. The van der Waals surface area contributed by atoms with Gasteiger partial charge in [0.05, 0.1) is 5.30 Å². The van der Waals surface area contributed by atoms with Crippen LogP contribution in [0.15, 0.2) is 60.7 Å². The van der Waals surface area contributed by atoms with Crippen molar-refractivity contribution in [1.29, 1.82) is 0 Å². The van der Waals surface area contributed by atoms with E-state index < -0.39 is 11.6 Å². The molecule has 0 amide bonds. The molecular weight excluding hydrogens is 317 g/mol. The second kappa shape index (κ2) is 6.27. The van der Waals surface area contributed by atoms with Gasteiger partial charge in [0.25, 0.3) is 0 Å². The first-order chi connectivity index (χ1) is 11.1. The van der Waals surface area contributed by atoms with E-state index in [1.54, 1.807) is 12.1 Å². The summed E-state index contributed by atoms with van der Waals surface area (Å²) in [5.41, 5.74) is 2.14. The van der Waals surface area contributed by atoms with Gasteiger partial charge in [-0.25, -0.2) is 8.78 Å². The first kappa shape index (κ1) is 15.3. The zero-order chi connectivity index (χ0) is 16.4. The summed E-state index contributed by atoms with van der Waals surface area (Å²) in [7, 11) is -0.228. The van der Waals surface area contributed by atoms with Gasteiger partial charge in [-0.3, -0.25) is 4.57 Å². The lowest BCUT2D eigenvalue weighted by molar-refractivity contribution is 0.477. The van der Waals surface area contributed by atoms with Crippen molar-refractivity contribution in [3.63, 3.8) is 0 Å². The smallest absolute Gasteiger partial charge is 0.192 e. The Balaban J connectivity index is 2.31. The van der Waals surface area contributed by atoms with Crippen molar-refractivity contribution in [3.05, 3.63) is 72.3 Å². The number of hydrogen-bond donors (Lipinski definition) is 1. The predicted molar refractivity (Wildman–Crippen MR) is 86.1 cm³/mol. The highest BCUT2D eigenvalue weighted by atomic mass is 31.1. The van der Waals surface area contributed by atoms with Crippen LogP contribution in [0.3, 0.4) is 0 Å². The first-order valence-corrected chi connectivity index (χ1v) is 7.62. The third-order valence-corrected chi connectivity index (χ3v) is 4.09. The summed E-state index contributed by atoms with van der Waals surface area (Å²) in [4.78, 5) is 0. The van der Waals surface area contributed by atoms with Crippen LogP contribution < -0.4 is 5.30 Å². The molecule has 0 aliphatic heterocycles. The van der Waals surface area contributed by atoms with Crippen LogP contribution in [0.25, 0.3) is 22.3 Å². The summed E-state index contributed by atoms with van der Waals surface area (Å²) in [6, 6.07) is 14.3. The Morgan fingerprint density at radius 3 is 1.65 bits per heavy atom. The van der Waals surface area contributed by atoms with E-state index in [2.05, 4.69) is 0 Å². The van der Waals surface area contributed by atoms with Gasteiger partial charge >= 0.3 is 0 Å². The molecule has 2 nitrogen and oxygen atoms in total. The molecule has 3 aromatic rings. The Morgan fingerprint density at radius 1 is 0.696 bits per heavy atom. The normalized spacial score (nSPS) is 10.9. The van der Waals surface area contributed by atoms with Gasteiger partial charge < -0.3 is 5.11 Å². The topological polar surface area (TPSA) is 37.3 Å². The van der Waals surface area contributed by atoms with Gasteiger partial charge in [-0.15, -0.1) is 0 Å². The minimum Gasteiger partial charge on any atom is -0.507 e. The van der Waals surface area contributed by atoms with Crippen LogP contribution in [0, 0.1) is 11.6 Å². The van der Waals surface area contributed by atoms with Crippen molar-refractivity contribution < 1.29 is 18.5 Å². The van der Waals surface area contributed by atoms with Crippen molar-refractivity contribution in [2.75, 3.05) is 0 Å². The van der Waals surface area contributed by atoms with Crippen molar-refractivity contribution in [3.8, 4) is 28.0 Å². The molecule has 0 radical (unpaired) electrons. The number of benzene rings is 3. The first-order valence-electron chi connectivity index (χ1n) is 6.81. The van der Waals surface area contributed by atoms with Crippen LogP contribution in [-0.4, -0.2) is 5.11 Å². The van der Waals surface area contributed by atoms with Crippen LogP contribution >= 0.6 is 8.46 Å². The van der Waals surface area contributed by atoms with Crippen molar-refractivity contribution in [1.82, 2.24) is 0 Å². The van der Waals surface area contributed by atoms with Crippen LogP contribution in [0.5, 0.6) is 5.75 Å². The average molecular weight is 328 g/mol. The van der Waals surface area contributed by atoms with E-state index in [1.807, 2.05) is 0 Å². The third-order valence-electron chi connectivity index (χ3n) is 3.53. The molecule has 0 fully saturated rings. The van der Waals surface area contributed by atoms with Crippen LogP contribution in [-0.2, 0) is 4.57 Å². The minimum atomic E-state index is -0.394. The SMILES string of the molecule is O=Pc1ccc(O)c(-c2ccc(F)cc2)c1-c1ccc(F)cc1. The molecule has 0 bridgehead atoms. The molecule has 3 rings (SSSR count). The van der Waals surface area contributed by atoms with Crippen molar-refractivity contribution in [2.45, 2.75) is 0 Å². The molecule has 1 N–H and O–H groups in total. The fourth-order valence-electron chi connectivity index (χ4n) is 2.47. The monoisotopic (exact) mass is 328 g/mol. The number of phenols is 1. The highest BCUT2D eigenvalue weighted by Gasteiger charge is 2.17. The van der Waals surface area contributed by atoms with Gasteiger partial charge in [-0.2, -0.15) is 0 Å². The van der Waals surface area contributed by atoms with E-state index in [4.69, 9.17) is 0 Å². The van der Waals surface area contributed by atoms with Gasteiger partial charge in [0, 0.05) is 11.1 Å². The summed E-state index contributed by atoms with van der Waals surface area (Å²) < 4.78 is 37.8. The Bertz CT molecular complexity index is 859. The Morgan fingerprint density at radius 2 is 1.17 bits per heavy atom. The fraction of sp³-hybridized carbons (Fsp3) is 0. The average Bonchev–Trinajstić information content (AvgIpc) is 2.56. The van der Waals surface area contributed by atoms with Crippen LogP contribution in [0.2, 0.25) is 0 Å². The Kier molecular flexibility index (Phi) is 4.18. The second-order valence-corrected chi connectivity index (χ2v) is 5.62. The van der Waals surface area contributed by atoms with E-state index >= 15 is 0 Å². The molecule has 114 valence electrons. The summed E-state index contributed by atoms with van der Waals surface area (Å²) in [6.07, 6.45) is 0. The molecule has 0 aliphatic carbocycles. The zero-order valence-electron chi connectivity index (χ0n) is 11.8. The highest BCUT2D eigenvalue weighted by molar-refractivity contribution is 7.34. The van der Waals surface area contributed by atoms with Gasteiger partial charge in [0.2, 0.25) is 0 Å². The molecular formula is C18H11F2O2P. The number of hydrogen-bond acceptors (Lipinski definition) is 2. The summed E-state index contributed by atoms with van der Waals surface area (Å²) in [5, 5.41) is 10.7. The maximum Gasteiger partial charge on any atom is 0.192 e. The molecule has 5 heteroatoms. The van der Waals surface area contributed by atoms with Crippen molar-refractivity contribution in [2.24, 2.45) is 0 Å². The molecule has 23 heavy (non-hydrogen) atoms. The largest absolute Gasteiger partial charge is 0.507 e. The molecule has 0 saturated carbocycles. The maximum absolute atomic E-state index is 13.2. The van der Waals surface area contributed by atoms with Crippen LogP contribution in [0.4, 0.5) is 8.78 Å². The van der Waals surface area contributed by atoms with Crippen LogP contribution in [0.1, 0.15) is 0 Å². The predicted octanol–water partition coefficient (Wildman–Crippen LogP) is 4.92. The summed E-state index contributed by atoms with van der Waals surface area (Å²) >= 11 is 0. The lowest BCUT2D eigenvalue weighted by atomic mass is 9.93. The molecule has 3 aromatic carbocycles. The fourth-order valence-corrected chi connectivity index (χ4v) is 2.94. The molecule has 0 saturated heterocycles. The Labute approximate surface area is 133 Å².